The lowest BCUT2D eigenvalue weighted by atomic mass is 10.2. The number of ether oxygens (including phenoxy) is 3. The normalized spacial score (nSPS) is 15.7. The predicted octanol–water partition coefficient (Wildman–Crippen LogP) is 5.27. The van der Waals surface area contributed by atoms with Crippen LogP contribution >= 0.6 is 35.6 Å². The summed E-state index contributed by atoms with van der Waals surface area (Å²) in [6.07, 6.45) is 3.08. The van der Waals surface area contributed by atoms with Gasteiger partial charge in [-0.15, -0.1) is 0 Å². The van der Waals surface area contributed by atoms with E-state index in [1.165, 1.54) is 15.4 Å². The average molecular weight is 550 g/mol. The van der Waals surface area contributed by atoms with Gasteiger partial charge in [0.15, 0.2) is 11.5 Å². The largest absolute Gasteiger partial charge is 0.454 e. The molecule has 8 nitrogen and oxygen atoms in total. The molecule has 184 valence electrons. The van der Waals surface area contributed by atoms with Crippen LogP contribution in [0.1, 0.15) is 11.1 Å². The van der Waals surface area contributed by atoms with Gasteiger partial charge < -0.3 is 14.2 Å². The third-order valence-corrected chi connectivity index (χ3v) is 7.39. The molecule has 11 heteroatoms. The van der Waals surface area contributed by atoms with E-state index in [0.717, 1.165) is 17.3 Å². The molecule has 2 aromatic carbocycles. The molecule has 37 heavy (non-hydrogen) atoms. The van der Waals surface area contributed by atoms with Crippen LogP contribution in [0.15, 0.2) is 76.6 Å². The molecule has 6 rings (SSSR count). The van der Waals surface area contributed by atoms with Gasteiger partial charge in [0, 0.05) is 6.20 Å². The molecule has 1 amide bonds. The van der Waals surface area contributed by atoms with E-state index >= 15 is 0 Å². The van der Waals surface area contributed by atoms with E-state index in [0.29, 0.717) is 32.2 Å². The van der Waals surface area contributed by atoms with Gasteiger partial charge in [0.05, 0.1) is 16.5 Å². The van der Waals surface area contributed by atoms with Gasteiger partial charge in [-0.2, -0.15) is 4.98 Å². The second-order valence-electron chi connectivity index (χ2n) is 8.05. The summed E-state index contributed by atoms with van der Waals surface area (Å²) in [5.41, 5.74) is 0.930. The van der Waals surface area contributed by atoms with Crippen molar-refractivity contribution in [2.24, 2.45) is 0 Å². The van der Waals surface area contributed by atoms with E-state index in [4.69, 9.17) is 38.0 Å². The number of amides is 1. The fourth-order valence-electron chi connectivity index (χ4n) is 3.90. The van der Waals surface area contributed by atoms with Crippen molar-refractivity contribution in [1.82, 2.24) is 14.3 Å². The van der Waals surface area contributed by atoms with Crippen molar-refractivity contribution in [2.75, 3.05) is 6.79 Å². The Morgan fingerprint density at radius 1 is 1.08 bits per heavy atom. The smallest absolute Gasteiger partial charge is 0.269 e. The van der Waals surface area contributed by atoms with Gasteiger partial charge in [-0.1, -0.05) is 59.8 Å². The molecular weight excluding hydrogens is 534 g/mol. The third kappa shape index (κ3) is 4.43. The first kappa shape index (κ1) is 23.5. The van der Waals surface area contributed by atoms with Crippen molar-refractivity contribution in [3.8, 4) is 23.1 Å². The van der Waals surface area contributed by atoms with Crippen LogP contribution in [0, 0.1) is 0 Å². The molecule has 4 heterocycles. The van der Waals surface area contributed by atoms with Crippen molar-refractivity contribution < 1.29 is 19.0 Å². The molecule has 0 radical (unpaired) electrons. The highest BCUT2D eigenvalue weighted by molar-refractivity contribution is 8.26. The molecule has 1 saturated heterocycles. The maximum Gasteiger partial charge on any atom is 0.269 e. The van der Waals surface area contributed by atoms with E-state index < -0.39 is 5.56 Å². The van der Waals surface area contributed by atoms with Crippen molar-refractivity contribution in [3.05, 3.63) is 98.3 Å². The molecule has 0 atom stereocenters. The summed E-state index contributed by atoms with van der Waals surface area (Å²) in [5.74, 6) is 1.32. The first-order valence-electron chi connectivity index (χ1n) is 11.1. The van der Waals surface area contributed by atoms with E-state index in [9.17, 15) is 9.59 Å². The lowest BCUT2D eigenvalue weighted by molar-refractivity contribution is -0.122. The Bertz CT molecular complexity index is 1690. The Hall–Kier alpha value is -3.86. The number of rotatable bonds is 5. The molecule has 0 aliphatic carbocycles. The third-order valence-electron chi connectivity index (χ3n) is 5.70. The maximum atomic E-state index is 13.5. The Balaban J connectivity index is 1.37. The molecule has 0 bridgehead atoms. The summed E-state index contributed by atoms with van der Waals surface area (Å²) in [7, 11) is 0. The summed E-state index contributed by atoms with van der Waals surface area (Å²) in [4.78, 5) is 33.1. The number of benzene rings is 2. The number of thioether (sulfide) groups is 1. The SMILES string of the molecule is O=C1/C(=C\c2c(Oc3ccccc3Cl)nc3ccccn3c2=O)SC(=S)N1Cc1ccc2c(c1)OCO2. The summed E-state index contributed by atoms with van der Waals surface area (Å²) < 4.78 is 18.5. The Kier molecular flexibility index (Phi) is 6.07. The van der Waals surface area contributed by atoms with Gasteiger partial charge in [0.1, 0.15) is 21.3 Å². The Morgan fingerprint density at radius 2 is 1.89 bits per heavy atom. The van der Waals surface area contributed by atoms with Crippen molar-refractivity contribution >= 4 is 57.5 Å². The molecule has 0 spiro atoms. The molecule has 2 aliphatic heterocycles. The highest BCUT2D eigenvalue weighted by Gasteiger charge is 2.33. The van der Waals surface area contributed by atoms with E-state index in [-0.39, 0.29) is 35.6 Å². The van der Waals surface area contributed by atoms with Crippen LogP contribution in [0.25, 0.3) is 11.7 Å². The number of carbonyl (C=O) groups is 1. The Labute approximate surface area is 225 Å². The number of fused-ring (bicyclic) bond motifs is 2. The molecule has 2 aromatic heterocycles. The van der Waals surface area contributed by atoms with Crippen LogP contribution in [0.2, 0.25) is 5.02 Å². The standard InChI is InChI=1S/C26H16ClN3O5S2/c27-17-5-1-2-6-18(17)35-23-16(24(31)29-10-4-3-7-22(29)28-23)12-21-25(32)30(26(36)37-21)13-15-8-9-19-20(11-15)34-14-33-19/h1-12H,13-14H2/b21-12+. The van der Waals surface area contributed by atoms with Gasteiger partial charge in [-0.05, 0) is 48.0 Å². The van der Waals surface area contributed by atoms with Crippen molar-refractivity contribution in [1.29, 1.82) is 0 Å². The molecule has 0 saturated carbocycles. The van der Waals surface area contributed by atoms with Gasteiger partial charge in [-0.3, -0.25) is 18.9 Å². The monoisotopic (exact) mass is 549 g/mol. The van der Waals surface area contributed by atoms with Crippen LogP contribution in [0.5, 0.6) is 23.1 Å². The van der Waals surface area contributed by atoms with Gasteiger partial charge in [0.25, 0.3) is 11.5 Å². The number of halogens is 1. The van der Waals surface area contributed by atoms with Crippen molar-refractivity contribution in [2.45, 2.75) is 6.54 Å². The lowest BCUT2D eigenvalue weighted by Crippen LogP contribution is -2.27. The van der Waals surface area contributed by atoms with Crippen LogP contribution in [-0.2, 0) is 11.3 Å². The maximum absolute atomic E-state index is 13.5. The molecule has 0 N–H and O–H groups in total. The minimum Gasteiger partial charge on any atom is -0.454 e. The summed E-state index contributed by atoms with van der Waals surface area (Å²) in [6.45, 7) is 0.410. The first-order chi connectivity index (χ1) is 18.0. The number of nitrogens with zero attached hydrogens (tertiary/aromatic N) is 3. The van der Waals surface area contributed by atoms with E-state index in [1.54, 1.807) is 54.7 Å². The number of hydrogen-bond donors (Lipinski definition) is 0. The predicted molar refractivity (Wildman–Crippen MR) is 144 cm³/mol. The second kappa shape index (κ2) is 9.55. The van der Waals surface area contributed by atoms with Crippen LogP contribution in [0.4, 0.5) is 0 Å². The average Bonchev–Trinajstić information content (AvgIpc) is 3.47. The number of aromatic nitrogens is 2. The second-order valence-corrected chi connectivity index (χ2v) is 10.1. The molecule has 4 aromatic rings. The summed E-state index contributed by atoms with van der Waals surface area (Å²) >= 11 is 12.9. The number of carbonyl (C=O) groups excluding carboxylic acids is 1. The zero-order valence-electron chi connectivity index (χ0n) is 18.9. The summed E-state index contributed by atoms with van der Waals surface area (Å²) in [6, 6.07) is 17.5. The highest BCUT2D eigenvalue weighted by atomic mass is 35.5. The molecular formula is C26H16ClN3O5S2. The van der Waals surface area contributed by atoms with Crippen LogP contribution in [0.3, 0.4) is 0 Å². The number of hydrogen-bond acceptors (Lipinski definition) is 8. The zero-order valence-corrected chi connectivity index (χ0v) is 21.3. The molecule has 2 aliphatic rings. The van der Waals surface area contributed by atoms with Crippen LogP contribution < -0.4 is 19.8 Å². The quantitative estimate of drug-likeness (QED) is 0.246. The van der Waals surface area contributed by atoms with Gasteiger partial charge >= 0.3 is 0 Å². The zero-order chi connectivity index (χ0) is 25.5. The van der Waals surface area contributed by atoms with Crippen LogP contribution in [-0.4, -0.2) is 31.3 Å². The van der Waals surface area contributed by atoms with E-state index in [2.05, 4.69) is 4.98 Å². The Morgan fingerprint density at radius 3 is 2.76 bits per heavy atom. The van der Waals surface area contributed by atoms with Gasteiger partial charge in [-0.25, -0.2) is 0 Å². The molecule has 0 unspecified atom stereocenters. The minimum atomic E-state index is -0.395. The van der Waals surface area contributed by atoms with Crippen molar-refractivity contribution in [3.63, 3.8) is 0 Å². The lowest BCUT2D eigenvalue weighted by Gasteiger charge is -2.14. The number of para-hydroxylation sites is 1. The fraction of sp³-hybridized carbons (Fsp3) is 0.0769. The van der Waals surface area contributed by atoms with Gasteiger partial charge in [0.2, 0.25) is 12.7 Å². The fourth-order valence-corrected chi connectivity index (χ4v) is 5.32. The number of pyridine rings is 1. The minimum absolute atomic E-state index is 0.0327. The number of thiocarbonyl (C=S) groups is 1. The van der Waals surface area contributed by atoms with E-state index in [1.807, 2.05) is 12.1 Å². The molecule has 1 fully saturated rings. The summed E-state index contributed by atoms with van der Waals surface area (Å²) in [5, 5.41) is 0.360. The topological polar surface area (TPSA) is 82.4 Å². The first-order valence-corrected chi connectivity index (χ1v) is 12.7. The highest BCUT2D eigenvalue weighted by Crippen LogP contribution is 2.37.